The first-order valence-corrected chi connectivity index (χ1v) is 5.11. The molecule has 0 aliphatic heterocycles. The Labute approximate surface area is 103 Å². The summed E-state index contributed by atoms with van der Waals surface area (Å²) in [7, 11) is 0. The van der Waals surface area contributed by atoms with Gasteiger partial charge in [0.25, 0.3) is 0 Å². The number of nitrogens with zero attached hydrogens (tertiary/aromatic N) is 2. The number of pyridine rings is 1. The normalized spacial score (nSPS) is 9.50. The number of carboxylic acids is 1. The molecular formula is C11H11N3O4. The quantitative estimate of drug-likeness (QED) is 0.342. The number of rotatable bonds is 6. The van der Waals surface area contributed by atoms with Crippen LogP contribution in [0.3, 0.4) is 0 Å². The van der Waals surface area contributed by atoms with Crippen molar-refractivity contribution in [2.24, 2.45) is 0 Å². The van der Waals surface area contributed by atoms with E-state index >= 15 is 0 Å². The summed E-state index contributed by atoms with van der Waals surface area (Å²) in [6.07, 6.45) is 7.34. The molecule has 0 fully saturated rings. The molecule has 1 rings (SSSR count). The Morgan fingerprint density at radius 1 is 1.67 bits per heavy atom. The van der Waals surface area contributed by atoms with Gasteiger partial charge in [-0.05, 0) is 6.42 Å². The molecule has 0 amide bonds. The Morgan fingerprint density at radius 2 is 2.39 bits per heavy atom. The summed E-state index contributed by atoms with van der Waals surface area (Å²) >= 11 is 0. The minimum atomic E-state index is -1.26. The lowest BCUT2D eigenvalue weighted by Crippen LogP contribution is -2.08. The first kappa shape index (κ1) is 13.4. The molecule has 0 atom stereocenters. The number of carboxylic acid groups (broad SMARTS) is 1. The fourth-order valence-electron chi connectivity index (χ4n) is 1.24. The largest absolute Gasteiger partial charge is 0.478 e. The van der Waals surface area contributed by atoms with E-state index in [4.69, 9.17) is 11.5 Å². The van der Waals surface area contributed by atoms with Gasteiger partial charge in [0.15, 0.2) is 0 Å². The topological polar surface area (TPSA) is 105 Å². The van der Waals surface area contributed by atoms with Gasteiger partial charge in [-0.2, -0.15) is 0 Å². The third-order valence-corrected chi connectivity index (χ3v) is 2.10. The average molecular weight is 249 g/mol. The number of aromatic carboxylic acids is 1. The van der Waals surface area contributed by atoms with Crippen LogP contribution < -0.4 is 5.32 Å². The van der Waals surface area contributed by atoms with Gasteiger partial charge in [-0.3, -0.25) is 10.1 Å². The lowest BCUT2D eigenvalue weighted by Gasteiger charge is -2.05. The molecule has 94 valence electrons. The minimum absolute atomic E-state index is 0.0435. The van der Waals surface area contributed by atoms with Crippen LogP contribution in [-0.4, -0.2) is 27.5 Å². The third-order valence-electron chi connectivity index (χ3n) is 2.10. The molecule has 1 aromatic heterocycles. The number of terminal acetylenes is 1. The van der Waals surface area contributed by atoms with Crippen LogP contribution in [0.4, 0.5) is 11.5 Å². The smallest absolute Gasteiger partial charge is 0.337 e. The second-order valence-corrected chi connectivity index (χ2v) is 3.39. The van der Waals surface area contributed by atoms with Gasteiger partial charge in [0.05, 0.1) is 10.5 Å². The number of hydrogen-bond acceptors (Lipinski definition) is 5. The molecule has 2 N–H and O–H groups in total. The van der Waals surface area contributed by atoms with Crippen LogP contribution in [-0.2, 0) is 0 Å². The van der Waals surface area contributed by atoms with Crippen LogP contribution in [0, 0.1) is 22.5 Å². The number of aromatic nitrogens is 1. The highest BCUT2D eigenvalue weighted by molar-refractivity contribution is 5.88. The lowest BCUT2D eigenvalue weighted by molar-refractivity contribution is -0.384. The zero-order valence-electron chi connectivity index (χ0n) is 9.42. The highest BCUT2D eigenvalue weighted by Crippen LogP contribution is 2.22. The molecular weight excluding hydrogens is 238 g/mol. The van der Waals surface area contributed by atoms with E-state index in [1.54, 1.807) is 0 Å². The van der Waals surface area contributed by atoms with E-state index < -0.39 is 10.9 Å². The molecule has 0 bridgehead atoms. The summed E-state index contributed by atoms with van der Waals surface area (Å²) in [6.45, 7) is 0.435. The highest BCUT2D eigenvalue weighted by Gasteiger charge is 2.18. The SMILES string of the molecule is C#CCCCNc1ncc(C(=O)O)cc1[N+](=O)[O-]. The van der Waals surface area contributed by atoms with Crippen molar-refractivity contribution in [2.45, 2.75) is 12.8 Å². The maximum atomic E-state index is 10.8. The standard InChI is InChI=1S/C11H11N3O4/c1-2-3-4-5-12-10-9(14(17)18)6-8(7-13-10)11(15)16/h1,6-7H,3-5H2,(H,12,13)(H,15,16). The Morgan fingerprint density at radius 3 is 2.94 bits per heavy atom. The molecule has 18 heavy (non-hydrogen) atoms. The Balaban J connectivity index is 2.87. The monoisotopic (exact) mass is 249 g/mol. The zero-order valence-corrected chi connectivity index (χ0v) is 9.42. The Hall–Kier alpha value is -2.62. The first-order chi connectivity index (χ1) is 8.56. The number of anilines is 1. The van der Waals surface area contributed by atoms with Gasteiger partial charge >= 0.3 is 11.7 Å². The van der Waals surface area contributed by atoms with Crippen molar-refractivity contribution in [1.82, 2.24) is 4.98 Å². The van der Waals surface area contributed by atoms with Gasteiger partial charge in [-0.15, -0.1) is 12.3 Å². The molecule has 1 aromatic rings. The first-order valence-electron chi connectivity index (χ1n) is 5.11. The van der Waals surface area contributed by atoms with E-state index in [9.17, 15) is 14.9 Å². The van der Waals surface area contributed by atoms with Gasteiger partial charge in [-0.25, -0.2) is 9.78 Å². The van der Waals surface area contributed by atoms with Gasteiger partial charge in [0.1, 0.15) is 0 Å². The summed E-state index contributed by atoms with van der Waals surface area (Å²) in [5, 5.41) is 22.3. The van der Waals surface area contributed by atoms with Crippen molar-refractivity contribution < 1.29 is 14.8 Å². The number of hydrogen-bond donors (Lipinski definition) is 2. The molecule has 0 unspecified atom stereocenters. The van der Waals surface area contributed by atoms with Crippen molar-refractivity contribution >= 4 is 17.5 Å². The minimum Gasteiger partial charge on any atom is -0.478 e. The third kappa shape index (κ3) is 3.45. The average Bonchev–Trinajstić information content (AvgIpc) is 2.34. The Bertz CT molecular complexity index is 508. The maximum absolute atomic E-state index is 10.8. The molecule has 0 saturated carbocycles. The molecule has 7 heteroatoms. The fraction of sp³-hybridized carbons (Fsp3) is 0.273. The molecule has 0 aromatic carbocycles. The molecule has 0 saturated heterocycles. The number of nitrogens with one attached hydrogen (secondary N) is 1. The Kier molecular flexibility index (Phi) is 4.63. The molecule has 0 radical (unpaired) electrons. The van der Waals surface area contributed by atoms with Gasteiger partial charge < -0.3 is 10.4 Å². The van der Waals surface area contributed by atoms with Crippen LogP contribution in [0.15, 0.2) is 12.3 Å². The van der Waals surface area contributed by atoms with Crippen LogP contribution in [0.2, 0.25) is 0 Å². The van der Waals surface area contributed by atoms with Crippen molar-refractivity contribution in [3.05, 3.63) is 27.9 Å². The molecule has 0 aliphatic rings. The summed E-state index contributed by atoms with van der Waals surface area (Å²) in [4.78, 5) is 24.5. The van der Waals surface area contributed by atoms with Crippen molar-refractivity contribution in [3.8, 4) is 12.3 Å². The van der Waals surface area contributed by atoms with Gasteiger partial charge in [0.2, 0.25) is 5.82 Å². The van der Waals surface area contributed by atoms with Crippen molar-refractivity contribution in [2.75, 3.05) is 11.9 Å². The van der Waals surface area contributed by atoms with E-state index in [1.165, 1.54) is 0 Å². The van der Waals surface area contributed by atoms with Gasteiger partial charge in [-0.1, -0.05) is 0 Å². The predicted octanol–water partition coefficient (Wildman–Crippen LogP) is 1.51. The lowest BCUT2D eigenvalue weighted by atomic mass is 10.2. The van der Waals surface area contributed by atoms with E-state index in [-0.39, 0.29) is 17.1 Å². The maximum Gasteiger partial charge on any atom is 0.337 e. The van der Waals surface area contributed by atoms with Crippen molar-refractivity contribution in [3.63, 3.8) is 0 Å². The van der Waals surface area contributed by atoms with E-state index in [0.29, 0.717) is 19.4 Å². The zero-order chi connectivity index (χ0) is 13.5. The summed E-state index contributed by atoms with van der Waals surface area (Å²) in [6, 6.07) is 0.971. The van der Waals surface area contributed by atoms with Crippen LogP contribution in [0.5, 0.6) is 0 Å². The highest BCUT2D eigenvalue weighted by atomic mass is 16.6. The van der Waals surface area contributed by atoms with E-state index in [2.05, 4.69) is 16.2 Å². The van der Waals surface area contributed by atoms with Crippen molar-refractivity contribution in [1.29, 1.82) is 0 Å². The summed E-state index contributed by atoms with van der Waals surface area (Å²) < 4.78 is 0. The fourth-order valence-corrected chi connectivity index (χ4v) is 1.24. The molecule has 1 heterocycles. The van der Waals surface area contributed by atoms with Crippen LogP contribution in [0.25, 0.3) is 0 Å². The molecule has 0 spiro atoms. The summed E-state index contributed by atoms with van der Waals surface area (Å²) in [5.74, 6) is 1.23. The van der Waals surface area contributed by atoms with Crippen LogP contribution >= 0.6 is 0 Å². The second kappa shape index (κ2) is 6.20. The molecule has 7 nitrogen and oxygen atoms in total. The van der Waals surface area contributed by atoms with E-state index in [1.807, 2.05) is 0 Å². The number of unbranched alkanes of at least 4 members (excludes halogenated alkanes) is 1. The molecule has 0 aliphatic carbocycles. The second-order valence-electron chi connectivity index (χ2n) is 3.39. The van der Waals surface area contributed by atoms with E-state index in [0.717, 1.165) is 12.3 Å². The predicted molar refractivity (Wildman–Crippen MR) is 64.4 cm³/mol. The van der Waals surface area contributed by atoms with Crippen LogP contribution in [0.1, 0.15) is 23.2 Å². The number of nitro groups is 1. The number of carbonyl (C=O) groups is 1. The summed E-state index contributed by atoms with van der Waals surface area (Å²) in [5.41, 5.74) is -0.591. The van der Waals surface area contributed by atoms with Gasteiger partial charge in [0, 0.05) is 25.2 Å².